The lowest BCUT2D eigenvalue weighted by Gasteiger charge is -2.16. The Bertz CT molecular complexity index is 1840. The lowest BCUT2D eigenvalue weighted by Crippen LogP contribution is -2.42. The van der Waals surface area contributed by atoms with E-state index >= 15 is 0 Å². The molecule has 1 N–H and O–H groups in total. The summed E-state index contributed by atoms with van der Waals surface area (Å²) in [6.07, 6.45) is 2.61. The smallest absolute Gasteiger partial charge is 0.324 e. The molecule has 0 atom stereocenters. The number of benzene rings is 1. The number of alkyl halides is 2. The third-order valence-electron chi connectivity index (χ3n) is 5.59. The number of aromatic nitrogens is 7. The van der Waals surface area contributed by atoms with Gasteiger partial charge in [0.1, 0.15) is 6.54 Å². The largest absolute Gasteiger partial charge is 0.359 e. The van der Waals surface area contributed by atoms with Crippen LogP contribution in [0.2, 0.25) is 10.0 Å². The molecule has 0 bridgehead atoms. The van der Waals surface area contributed by atoms with Gasteiger partial charge in [-0.05, 0) is 36.8 Å². The van der Waals surface area contributed by atoms with Gasteiger partial charge in [0, 0.05) is 17.8 Å². The molecule has 1 aromatic carbocycles. The normalized spacial score (nSPS) is 11.5. The van der Waals surface area contributed by atoms with Crippen molar-refractivity contribution in [1.82, 2.24) is 33.9 Å². The van der Waals surface area contributed by atoms with Crippen molar-refractivity contribution in [3.63, 3.8) is 0 Å². The molecular weight excluding hydrogens is 560 g/mol. The number of rotatable bonds is 7. The van der Waals surface area contributed by atoms with Gasteiger partial charge in [-0.1, -0.05) is 23.2 Å². The molecule has 0 spiro atoms. The summed E-state index contributed by atoms with van der Waals surface area (Å²) in [5.41, 5.74) is -0.0196. The Labute approximate surface area is 227 Å². The number of hydrogen-bond donors (Lipinski definition) is 1. The molecule has 15 heteroatoms. The Morgan fingerprint density at radius 3 is 2.56 bits per heavy atom. The van der Waals surface area contributed by atoms with E-state index in [1.54, 1.807) is 19.2 Å². The van der Waals surface area contributed by atoms with Gasteiger partial charge in [0.15, 0.2) is 5.82 Å². The zero-order valence-electron chi connectivity index (χ0n) is 19.9. The zero-order chi connectivity index (χ0) is 27.8. The molecular formula is C24H17Cl2F3N8O2. The van der Waals surface area contributed by atoms with Crippen LogP contribution < -0.4 is 16.7 Å². The van der Waals surface area contributed by atoms with E-state index in [9.17, 15) is 22.8 Å². The highest BCUT2D eigenvalue weighted by Gasteiger charge is 2.18. The molecule has 5 rings (SSSR count). The summed E-state index contributed by atoms with van der Waals surface area (Å²) >= 11 is 12.3. The predicted octanol–water partition coefficient (Wildman–Crippen LogP) is 4.35. The van der Waals surface area contributed by atoms with E-state index in [0.29, 0.717) is 16.5 Å². The third kappa shape index (κ3) is 5.49. The first-order chi connectivity index (χ1) is 18.6. The van der Waals surface area contributed by atoms with Crippen LogP contribution in [0.3, 0.4) is 0 Å². The molecule has 0 unspecified atom stereocenters. The van der Waals surface area contributed by atoms with Gasteiger partial charge in [0.25, 0.3) is 6.43 Å². The van der Waals surface area contributed by atoms with Gasteiger partial charge >= 0.3 is 11.4 Å². The molecule has 0 aliphatic carbocycles. The minimum Gasteiger partial charge on any atom is -0.324 e. The molecule has 0 saturated carbocycles. The summed E-state index contributed by atoms with van der Waals surface area (Å²) < 4.78 is 42.3. The molecule has 5 aromatic rings. The van der Waals surface area contributed by atoms with Crippen LogP contribution in [0.1, 0.15) is 11.3 Å². The number of nitrogens with one attached hydrogen (secondary N) is 1. The Kier molecular flexibility index (Phi) is 7.10. The maximum Gasteiger partial charge on any atom is 0.359 e. The summed E-state index contributed by atoms with van der Waals surface area (Å²) in [7, 11) is 0. The van der Waals surface area contributed by atoms with E-state index < -0.39 is 30.2 Å². The Morgan fingerprint density at radius 1 is 1.05 bits per heavy atom. The van der Waals surface area contributed by atoms with Crippen molar-refractivity contribution in [2.45, 2.75) is 26.4 Å². The topological polar surface area (TPSA) is 113 Å². The van der Waals surface area contributed by atoms with Gasteiger partial charge in [-0.25, -0.2) is 27.3 Å². The van der Waals surface area contributed by atoms with Gasteiger partial charge in [-0.2, -0.15) is 10.1 Å². The van der Waals surface area contributed by atoms with Crippen molar-refractivity contribution >= 4 is 45.7 Å². The van der Waals surface area contributed by atoms with Crippen LogP contribution >= 0.6 is 23.2 Å². The summed E-state index contributed by atoms with van der Waals surface area (Å²) in [6.45, 7) is 0.894. The van der Waals surface area contributed by atoms with Crippen LogP contribution in [0, 0.1) is 12.7 Å². The van der Waals surface area contributed by atoms with Crippen molar-refractivity contribution < 1.29 is 13.2 Å². The Morgan fingerprint density at radius 2 is 1.85 bits per heavy atom. The third-order valence-corrected chi connectivity index (χ3v) is 6.19. The molecule has 200 valence electrons. The second-order valence-corrected chi connectivity index (χ2v) is 9.30. The van der Waals surface area contributed by atoms with E-state index in [1.165, 1.54) is 30.6 Å². The lowest BCUT2D eigenvalue weighted by molar-refractivity contribution is 0.122. The Balaban J connectivity index is 1.64. The number of halogens is 5. The second kappa shape index (κ2) is 10.5. The van der Waals surface area contributed by atoms with Crippen molar-refractivity contribution in [2.75, 3.05) is 5.32 Å². The van der Waals surface area contributed by atoms with E-state index in [0.717, 1.165) is 20.0 Å². The molecule has 0 saturated heterocycles. The molecule has 4 heterocycles. The maximum absolute atomic E-state index is 13.7. The zero-order valence-corrected chi connectivity index (χ0v) is 21.5. The summed E-state index contributed by atoms with van der Waals surface area (Å²) in [6, 6.07) is 5.80. The van der Waals surface area contributed by atoms with E-state index in [2.05, 4.69) is 25.4 Å². The van der Waals surface area contributed by atoms with Gasteiger partial charge in [-0.3, -0.25) is 19.2 Å². The molecule has 0 radical (unpaired) electrons. The predicted molar refractivity (Wildman–Crippen MR) is 139 cm³/mol. The minimum absolute atomic E-state index is 0.126. The number of fused-ring (bicyclic) bond motifs is 1. The van der Waals surface area contributed by atoms with Crippen LogP contribution in [0.15, 0.2) is 58.6 Å². The summed E-state index contributed by atoms with van der Waals surface area (Å²) in [5.74, 6) is -0.946. The van der Waals surface area contributed by atoms with Crippen LogP contribution in [0.5, 0.6) is 0 Å². The molecule has 0 aliphatic rings. The second-order valence-electron chi connectivity index (χ2n) is 8.49. The van der Waals surface area contributed by atoms with Crippen LogP contribution in [0.4, 0.5) is 24.8 Å². The van der Waals surface area contributed by atoms with Crippen molar-refractivity contribution in [2.24, 2.45) is 0 Å². The maximum atomic E-state index is 13.7. The average Bonchev–Trinajstić information content (AvgIpc) is 3.24. The van der Waals surface area contributed by atoms with Crippen LogP contribution in [-0.2, 0) is 13.1 Å². The van der Waals surface area contributed by atoms with Crippen molar-refractivity contribution in [3.05, 3.63) is 97.1 Å². The van der Waals surface area contributed by atoms with E-state index in [1.807, 2.05) is 0 Å². The molecule has 39 heavy (non-hydrogen) atoms. The van der Waals surface area contributed by atoms with Crippen LogP contribution in [-0.4, -0.2) is 40.3 Å². The molecule has 4 aromatic heterocycles. The van der Waals surface area contributed by atoms with Crippen LogP contribution in [0.25, 0.3) is 16.6 Å². The number of aryl methyl sites for hydroxylation is 1. The highest BCUT2D eigenvalue weighted by Crippen LogP contribution is 2.29. The van der Waals surface area contributed by atoms with Gasteiger partial charge < -0.3 is 5.32 Å². The standard InChI is InChI=1S/C24H17Cl2F3N8O2/c1-12-2-15(7-30-6-12)37-23(38)33-22(36(24(37)39)10-14-4-16(25)18(27)8-31-14)32-20-3-13-9-35(11-21(28)29)34-19(13)5-17(20)26/h2-9,21H,10-11H2,1H3,(H,32,33,38). The number of nitrogens with zero attached hydrogens (tertiary/aromatic N) is 7. The van der Waals surface area contributed by atoms with Gasteiger partial charge in [0.2, 0.25) is 5.95 Å². The van der Waals surface area contributed by atoms with Gasteiger partial charge in [-0.15, -0.1) is 0 Å². The fourth-order valence-corrected chi connectivity index (χ4v) is 4.24. The quantitative estimate of drug-likeness (QED) is 0.306. The number of pyridine rings is 2. The number of anilines is 2. The van der Waals surface area contributed by atoms with Crippen molar-refractivity contribution in [1.29, 1.82) is 0 Å². The molecule has 0 fully saturated rings. The molecule has 10 nitrogen and oxygen atoms in total. The van der Waals surface area contributed by atoms with E-state index in [-0.39, 0.29) is 39.6 Å². The summed E-state index contributed by atoms with van der Waals surface area (Å²) in [4.78, 5) is 38.7. The Hall–Kier alpha value is -4.23. The average molecular weight is 577 g/mol. The number of hydrogen-bond acceptors (Lipinski definition) is 7. The molecule has 0 aliphatic heterocycles. The first-order valence-corrected chi connectivity index (χ1v) is 12.0. The first-order valence-electron chi connectivity index (χ1n) is 11.3. The van der Waals surface area contributed by atoms with Gasteiger partial charge in [0.05, 0.1) is 51.6 Å². The van der Waals surface area contributed by atoms with Crippen molar-refractivity contribution in [3.8, 4) is 5.69 Å². The minimum atomic E-state index is -2.60. The highest BCUT2D eigenvalue weighted by atomic mass is 35.5. The lowest BCUT2D eigenvalue weighted by atomic mass is 10.2. The monoisotopic (exact) mass is 576 g/mol. The summed E-state index contributed by atoms with van der Waals surface area (Å²) in [5, 5.41) is 7.34. The van der Waals surface area contributed by atoms with E-state index in [4.69, 9.17) is 23.2 Å². The SMILES string of the molecule is Cc1cncc(-n2c(=O)nc(Nc3cc4cn(CC(F)F)nc4cc3Cl)n(Cc3cc(Cl)c(F)cn3)c2=O)c1. The fraction of sp³-hybridized carbons (Fsp3) is 0.167. The first kappa shape index (κ1) is 26.4. The molecule has 0 amide bonds. The fourth-order valence-electron chi connectivity index (χ4n) is 3.86. The highest BCUT2D eigenvalue weighted by molar-refractivity contribution is 6.34.